The number of halogens is 3. The average Bonchev–Trinajstić information content (AvgIpc) is 2.60. The van der Waals surface area contributed by atoms with Crippen molar-refractivity contribution in [2.45, 2.75) is 57.2 Å². The van der Waals surface area contributed by atoms with E-state index in [4.69, 9.17) is 4.74 Å². The van der Waals surface area contributed by atoms with E-state index in [2.05, 4.69) is 5.32 Å². The SMILES string of the molecule is COC(=O)[C@H]1CCCCC[C@H]1NC(=O)CCC(F)(F)F. The average molecular weight is 295 g/mol. The van der Waals surface area contributed by atoms with E-state index in [-0.39, 0.29) is 0 Å². The molecule has 7 heteroatoms. The molecule has 0 aromatic heterocycles. The Kier molecular flexibility index (Phi) is 6.29. The van der Waals surface area contributed by atoms with Crippen molar-refractivity contribution in [1.82, 2.24) is 5.32 Å². The third-order valence-electron chi connectivity index (χ3n) is 3.50. The van der Waals surface area contributed by atoms with E-state index in [0.29, 0.717) is 12.8 Å². The fraction of sp³-hybridized carbons (Fsp3) is 0.846. The highest BCUT2D eigenvalue weighted by molar-refractivity contribution is 5.78. The third-order valence-corrected chi connectivity index (χ3v) is 3.50. The van der Waals surface area contributed by atoms with Crippen molar-refractivity contribution in [3.8, 4) is 0 Å². The van der Waals surface area contributed by atoms with Crippen molar-refractivity contribution < 1.29 is 27.5 Å². The number of ether oxygens (including phenoxy) is 1. The molecule has 1 amide bonds. The van der Waals surface area contributed by atoms with Gasteiger partial charge in [-0.15, -0.1) is 0 Å². The predicted octanol–water partition coefficient (Wildman–Crippen LogP) is 2.57. The van der Waals surface area contributed by atoms with E-state index in [1.54, 1.807) is 0 Å². The zero-order valence-corrected chi connectivity index (χ0v) is 11.5. The van der Waals surface area contributed by atoms with Gasteiger partial charge in [0.1, 0.15) is 0 Å². The van der Waals surface area contributed by atoms with E-state index >= 15 is 0 Å². The van der Waals surface area contributed by atoms with Gasteiger partial charge >= 0.3 is 12.1 Å². The Hall–Kier alpha value is -1.27. The van der Waals surface area contributed by atoms with Crippen LogP contribution in [0.25, 0.3) is 0 Å². The molecule has 0 unspecified atom stereocenters. The molecule has 20 heavy (non-hydrogen) atoms. The summed E-state index contributed by atoms with van der Waals surface area (Å²) in [4.78, 5) is 23.2. The number of nitrogens with one attached hydrogen (secondary N) is 1. The van der Waals surface area contributed by atoms with Gasteiger partial charge in [0, 0.05) is 12.5 Å². The van der Waals surface area contributed by atoms with Crippen LogP contribution in [-0.2, 0) is 14.3 Å². The first-order valence-electron chi connectivity index (χ1n) is 6.77. The molecule has 116 valence electrons. The molecule has 1 aliphatic carbocycles. The summed E-state index contributed by atoms with van der Waals surface area (Å²) < 4.78 is 40.9. The number of hydrogen-bond donors (Lipinski definition) is 1. The lowest BCUT2D eigenvalue weighted by molar-refractivity contribution is -0.148. The van der Waals surface area contributed by atoms with Crippen molar-refractivity contribution in [2.24, 2.45) is 5.92 Å². The maximum absolute atomic E-state index is 12.1. The van der Waals surface area contributed by atoms with Gasteiger partial charge in [-0.1, -0.05) is 19.3 Å². The summed E-state index contributed by atoms with van der Waals surface area (Å²) in [5.41, 5.74) is 0. The van der Waals surface area contributed by atoms with Crippen LogP contribution < -0.4 is 5.32 Å². The molecule has 2 atom stereocenters. The summed E-state index contributed by atoms with van der Waals surface area (Å²) >= 11 is 0. The van der Waals surface area contributed by atoms with Crippen molar-refractivity contribution in [3.05, 3.63) is 0 Å². The number of alkyl halides is 3. The van der Waals surface area contributed by atoms with E-state index in [9.17, 15) is 22.8 Å². The lowest BCUT2D eigenvalue weighted by Crippen LogP contribution is -2.43. The maximum atomic E-state index is 12.1. The van der Waals surface area contributed by atoms with Crippen LogP contribution in [0, 0.1) is 5.92 Å². The highest BCUT2D eigenvalue weighted by Gasteiger charge is 2.33. The van der Waals surface area contributed by atoms with Crippen LogP contribution in [0.2, 0.25) is 0 Å². The predicted molar refractivity (Wildman–Crippen MR) is 65.8 cm³/mol. The zero-order chi connectivity index (χ0) is 15.2. The molecule has 0 saturated heterocycles. The number of methoxy groups -OCH3 is 1. The molecule has 0 bridgehead atoms. The van der Waals surface area contributed by atoms with Gasteiger partial charge in [0.25, 0.3) is 0 Å². The molecule has 1 saturated carbocycles. The minimum atomic E-state index is -4.34. The Balaban J connectivity index is 2.56. The van der Waals surface area contributed by atoms with Gasteiger partial charge in [-0.3, -0.25) is 9.59 Å². The van der Waals surface area contributed by atoms with Crippen LogP contribution in [0.1, 0.15) is 44.9 Å². The molecule has 0 heterocycles. The minimum absolute atomic E-state index is 0.409. The van der Waals surface area contributed by atoms with Crippen molar-refractivity contribution in [3.63, 3.8) is 0 Å². The Morgan fingerprint density at radius 2 is 1.85 bits per heavy atom. The molecule has 0 aromatic carbocycles. The molecule has 1 rings (SSSR count). The normalized spacial score (nSPS) is 23.8. The fourth-order valence-corrected chi connectivity index (χ4v) is 2.45. The monoisotopic (exact) mass is 295 g/mol. The molecule has 0 spiro atoms. The Labute approximate surface area is 116 Å². The first kappa shape index (κ1) is 16.8. The maximum Gasteiger partial charge on any atom is 0.389 e. The highest BCUT2D eigenvalue weighted by Crippen LogP contribution is 2.25. The summed E-state index contributed by atoms with van der Waals surface area (Å²) in [5.74, 6) is -1.53. The Bertz CT molecular complexity index is 344. The van der Waals surface area contributed by atoms with Gasteiger partial charge in [-0.2, -0.15) is 13.2 Å². The number of hydrogen-bond acceptors (Lipinski definition) is 3. The van der Waals surface area contributed by atoms with Crippen LogP contribution in [-0.4, -0.2) is 31.2 Å². The van der Waals surface area contributed by atoms with Gasteiger partial charge in [0.05, 0.1) is 19.4 Å². The smallest absolute Gasteiger partial charge is 0.389 e. The van der Waals surface area contributed by atoms with Crippen molar-refractivity contribution in [2.75, 3.05) is 7.11 Å². The molecule has 0 aliphatic heterocycles. The summed E-state index contributed by atoms with van der Waals surface area (Å²) in [5, 5.41) is 2.56. The summed E-state index contributed by atoms with van der Waals surface area (Å²) in [6, 6.07) is -0.425. The van der Waals surface area contributed by atoms with E-state index in [0.717, 1.165) is 19.3 Å². The Morgan fingerprint density at radius 1 is 1.20 bits per heavy atom. The largest absolute Gasteiger partial charge is 0.469 e. The van der Waals surface area contributed by atoms with Gasteiger partial charge in [-0.25, -0.2) is 0 Å². The molecular weight excluding hydrogens is 275 g/mol. The second-order valence-electron chi connectivity index (χ2n) is 5.06. The fourth-order valence-electron chi connectivity index (χ4n) is 2.45. The summed E-state index contributed by atoms with van der Waals surface area (Å²) in [6.45, 7) is 0. The van der Waals surface area contributed by atoms with Gasteiger partial charge in [-0.05, 0) is 12.8 Å². The topological polar surface area (TPSA) is 55.4 Å². The van der Waals surface area contributed by atoms with E-state index < -0.39 is 42.9 Å². The second kappa shape index (κ2) is 7.50. The molecule has 1 fully saturated rings. The third kappa shape index (κ3) is 5.79. The second-order valence-corrected chi connectivity index (χ2v) is 5.06. The quantitative estimate of drug-likeness (QED) is 0.640. The van der Waals surface area contributed by atoms with Gasteiger partial charge in [0.15, 0.2) is 0 Å². The van der Waals surface area contributed by atoms with Crippen molar-refractivity contribution >= 4 is 11.9 Å². The Morgan fingerprint density at radius 3 is 2.45 bits per heavy atom. The molecular formula is C13H20F3NO3. The number of carbonyl (C=O) groups excluding carboxylic acids is 2. The molecule has 4 nitrogen and oxygen atoms in total. The molecule has 0 radical (unpaired) electrons. The zero-order valence-electron chi connectivity index (χ0n) is 11.5. The molecule has 0 aromatic rings. The van der Waals surface area contributed by atoms with Crippen LogP contribution in [0.5, 0.6) is 0 Å². The van der Waals surface area contributed by atoms with E-state index in [1.165, 1.54) is 7.11 Å². The van der Waals surface area contributed by atoms with Crippen LogP contribution in [0.15, 0.2) is 0 Å². The first-order chi connectivity index (χ1) is 9.33. The lowest BCUT2D eigenvalue weighted by Gasteiger charge is -2.24. The van der Waals surface area contributed by atoms with Gasteiger partial charge in [0.2, 0.25) is 5.91 Å². The van der Waals surface area contributed by atoms with Crippen LogP contribution in [0.4, 0.5) is 13.2 Å². The van der Waals surface area contributed by atoms with E-state index in [1.807, 2.05) is 0 Å². The standard InChI is InChI=1S/C13H20F3NO3/c1-20-12(19)9-5-3-2-4-6-10(9)17-11(18)7-8-13(14,15)16/h9-10H,2-8H2,1H3,(H,17,18)/t9-,10+/m0/s1. The number of rotatable bonds is 4. The summed E-state index contributed by atoms with van der Waals surface area (Å²) in [6.07, 6.45) is -2.26. The van der Waals surface area contributed by atoms with Crippen LogP contribution in [0.3, 0.4) is 0 Å². The highest BCUT2D eigenvalue weighted by atomic mass is 19.4. The lowest BCUT2D eigenvalue weighted by atomic mass is 9.94. The van der Waals surface area contributed by atoms with Crippen LogP contribution >= 0.6 is 0 Å². The number of esters is 1. The minimum Gasteiger partial charge on any atom is -0.469 e. The van der Waals surface area contributed by atoms with Crippen molar-refractivity contribution in [1.29, 1.82) is 0 Å². The molecule has 1 aliphatic rings. The first-order valence-corrected chi connectivity index (χ1v) is 6.77. The number of carbonyl (C=O) groups is 2. The molecule has 1 N–H and O–H groups in total. The summed E-state index contributed by atoms with van der Waals surface area (Å²) in [7, 11) is 1.27. The van der Waals surface area contributed by atoms with Gasteiger partial charge < -0.3 is 10.1 Å². The number of amides is 1.